The molecule has 0 unspecified atom stereocenters. The van der Waals surface area contributed by atoms with Crippen LogP contribution in [-0.2, 0) is 20.1 Å². The van der Waals surface area contributed by atoms with E-state index in [1.54, 1.807) is 6.20 Å². The van der Waals surface area contributed by atoms with E-state index in [1.807, 2.05) is 48.1 Å². The van der Waals surface area contributed by atoms with Crippen LogP contribution in [0.3, 0.4) is 0 Å². The van der Waals surface area contributed by atoms with E-state index in [4.69, 9.17) is 0 Å². The van der Waals surface area contributed by atoms with E-state index in [9.17, 15) is 4.79 Å². The summed E-state index contributed by atoms with van der Waals surface area (Å²) in [5.41, 5.74) is 1.02. The highest BCUT2D eigenvalue weighted by Crippen LogP contribution is 2.22. The predicted molar refractivity (Wildman–Crippen MR) is 87.6 cm³/mol. The number of amides is 2. The second kappa shape index (κ2) is 7.01. The second-order valence-electron chi connectivity index (χ2n) is 4.86. The Balaban J connectivity index is 1.50. The molecule has 2 heterocycles. The number of hydrogen-bond donors (Lipinski definition) is 2. The lowest BCUT2D eigenvalue weighted by Crippen LogP contribution is -2.35. The number of rotatable bonds is 5. The van der Waals surface area contributed by atoms with Gasteiger partial charge in [-0.25, -0.2) is 9.78 Å². The Morgan fingerprint density at radius 2 is 1.96 bits per heavy atom. The van der Waals surface area contributed by atoms with Gasteiger partial charge in [0.1, 0.15) is 15.8 Å². The van der Waals surface area contributed by atoms with Crippen molar-refractivity contribution in [1.82, 2.24) is 30.4 Å². The molecule has 0 saturated heterocycles. The van der Waals surface area contributed by atoms with Crippen LogP contribution in [0.15, 0.2) is 42.7 Å². The Bertz CT molecular complexity index is 782. The Morgan fingerprint density at radius 3 is 2.70 bits per heavy atom. The van der Waals surface area contributed by atoms with E-state index in [0.717, 1.165) is 21.4 Å². The monoisotopic (exact) mass is 328 g/mol. The Kier molecular flexibility index (Phi) is 4.62. The van der Waals surface area contributed by atoms with Gasteiger partial charge in [0, 0.05) is 25.0 Å². The third-order valence-corrected chi connectivity index (χ3v) is 4.19. The molecule has 0 bridgehead atoms. The molecule has 2 aromatic heterocycles. The molecule has 0 spiro atoms. The summed E-state index contributed by atoms with van der Waals surface area (Å²) >= 11 is 1.47. The van der Waals surface area contributed by atoms with Crippen LogP contribution in [0.2, 0.25) is 0 Å². The van der Waals surface area contributed by atoms with Gasteiger partial charge in [0.15, 0.2) is 0 Å². The second-order valence-corrected chi connectivity index (χ2v) is 5.92. The number of benzene rings is 1. The highest BCUT2D eigenvalue weighted by Gasteiger charge is 2.08. The Labute approximate surface area is 137 Å². The van der Waals surface area contributed by atoms with Gasteiger partial charge in [0.25, 0.3) is 0 Å². The summed E-state index contributed by atoms with van der Waals surface area (Å²) in [6.45, 7) is 0.720. The number of nitrogens with one attached hydrogen (secondary N) is 2. The quantitative estimate of drug-likeness (QED) is 0.749. The van der Waals surface area contributed by atoms with E-state index in [0.29, 0.717) is 13.1 Å². The van der Waals surface area contributed by atoms with Gasteiger partial charge in [-0.15, -0.1) is 10.2 Å². The van der Waals surface area contributed by atoms with Crippen molar-refractivity contribution in [2.75, 3.05) is 0 Å². The van der Waals surface area contributed by atoms with Crippen molar-refractivity contribution in [3.05, 3.63) is 53.6 Å². The summed E-state index contributed by atoms with van der Waals surface area (Å²) in [7, 11) is 1.88. The third kappa shape index (κ3) is 3.92. The van der Waals surface area contributed by atoms with Crippen LogP contribution in [0.5, 0.6) is 0 Å². The van der Waals surface area contributed by atoms with Crippen LogP contribution in [0, 0.1) is 0 Å². The van der Waals surface area contributed by atoms with Crippen LogP contribution in [0.4, 0.5) is 4.79 Å². The number of urea groups is 1. The van der Waals surface area contributed by atoms with Gasteiger partial charge in [-0.2, -0.15) is 0 Å². The molecule has 8 heteroatoms. The number of nitrogens with zero attached hydrogens (tertiary/aromatic N) is 4. The average molecular weight is 328 g/mol. The first-order valence-electron chi connectivity index (χ1n) is 7.08. The molecule has 3 aromatic rings. The maximum Gasteiger partial charge on any atom is 0.315 e. The number of carbonyl (C=O) groups excluding carboxylic acids is 1. The minimum absolute atomic E-state index is 0.260. The van der Waals surface area contributed by atoms with Crippen molar-refractivity contribution in [2.45, 2.75) is 13.1 Å². The normalized spacial score (nSPS) is 10.5. The summed E-state index contributed by atoms with van der Waals surface area (Å²) in [4.78, 5) is 15.9. The molecule has 1 aromatic carbocycles. The first kappa shape index (κ1) is 15.2. The minimum atomic E-state index is -0.260. The first-order valence-corrected chi connectivity index (χ1v) is 7.90. The summed E-state index contributed by atoms with van der Waals surface area (Å²) in [6.07, 6.45) is 3.53. The number of imidazole rings is 1. The van der Waals surface area contributed by atoms with Crippen LogP contribution >= 0.6 is 11.3 Å². The first-order chi connectivity index (χ1) is 11.2. The van der Waals surface area contributed by atoms with Crippen LogP contribution < -0.4 is 10.6 Å². The topological polar surface area (TPSA) is 84.7 Å². The molecule has 2 amide bonds. The van der Waals surface area contributed by atoms with Gasteiger partial charge in [-0.05, 0) is 0 Å². The van der Waals surface area contributed by atoms with Crippen molar-refractivity contribution in [2.24, 2.45) is 7.05 Å². The maximum atomic E-state index is 11.8. The van der Waals surface area contributed by atoms with Gasteiger partial charge in [-0.3, -0.25) is 0 Å². The van der Waals surface area contributed by atoms with Crippen LogP contribution in [-0.4, -0.2) is 25.8 Å². The number of aryl methyl sites for hydroxylation is 1. The molecule has 2 N–H and O–H groups in total. The third-order valence-electron chi connectivity index (χ3n) is 3.22. The average Bonchev–Trinajstić information content (AvgIpc) is 3.21. The van der Waals surface area contributed by atoms with E-state index in [-0.39, 0.29) is 6.03 Å². The molecule has 118 valence electrons. The van der Waals surface area contributed by atoms with Crippen molar-refractivity contribution in [1.29, 1.82) is 0 Å². The highest BCUT2D eigenvalue weighted by molar-refractivity contribution is 7.14. The number of hydrogen-bond acceptors (Lipinski definition) is 5. The van der Waals surface area contributed by atoms with E-state index >= 15 is 0 Å². The fraction of sp³-hybridized carbons (Fsp3) is 0.200. The number of aromatic nitrogens is 4. The zero-order chi connectivity index (χ0) is 16.1. The van der Waals surface area contributed by atoms with Crippen LogP contribution in [0.25, 0.3) is 10.6 Å². The van der Waals surface area contributed by atoms with Gasteiger partial charge in [-0.1, -0.05) is 41.7 Å². The largest absolute Gasteiger partial charge is 0.337 e. The molecule has 3 rings (SSSR count). The Hall–Kier alpha value is -2.74. The fourth-order valence-electron chi connectivity index (χ4n) is 1.97. The van der Waals surface area contributed by atoms with Crippen molar-refractivity contribution >= 4 is 17.4 Å². The molecular weight excluding hydrogens is 312 g/mol. The molecule has 23 heavy (non-hydrogen) atoms. The lowest BCUT2D eigenvalue weighted by atomic mass is 10.2. The molecular formula is C15H16N6OS. The van der Waals surface area contributed by atoms with E-state index in [1.165, 1.54) is 11.3 Å². The smallest absolute Gasteiger partial charge is 0.315 e. The zero-order valence-corrected chi connectivity index (χ0v) is 13.4. The molecule has 0 radical (unpaired) electrons. The minimum Gasteiger partial charge on any atom is -0.337 e. The summed E-state index contributed by atoms with van der Waals surface area (Å²) in [5.74, 6) is 0.794. The maximum absolute atomic E-state index is 11.8. The van der Waals surface area contributed by atoms with Gasteiger partial charge < -0.3 is 15.2 Å². The Morgan fingerprint density at radius 1 is 1.17 bits per heavy atom. The molecule has 0 aliphatic carbocycles. The molecule has 0 saturated carbocycles. The van der Waals surface area contributed by atoms with E-state index in [2.05, 4.69) is 25.8 Å². The van der Waals surface area contributed by atoms with Crippen molar-refractivity contribution < 1.29 is 4.79 Å². The van der Waals surface area contributed by atoms with Gasteiger partial charge in [0.2, 0.25) is 0 Å². The predicted octanol–water partition coefficient (Wildman–Crippen LogP) is 1.94. The molecule has 0 atom stereocenters. The van der Waals surface area contributed by atoms with Crippen LogP contribution in [0.1, 0.15) is 10.8 Å². The summed E-state index contributed by atoms with van der Waals surface area (Å²) < 4.78 is 1.86. The fourth-order valence-corrected chi connectivity index (χ4v) is 2.75. The van der Waals surface area contributed by atoms with Crippen molar-refractivity contribution in [3.63, 3.8) is 0 Å². The number of carbonyl (C=O) groups is 1. The van der Waals surface area contributed by atoms with Gasteiger partial charge >= 0.3 is 6.03 Å². The summed E-state index contributed by atoms with van der Waals surface area (Å²) in [6, 6.07) is 9.58. The van der Waals surface area contributed by atoms with Gasteiger partial charge in [0.05, 0.1) is 13.1 Å². The molecule has 0 fully saturated rings. The van der Waals surface area contributed by atoms with Crippen molar-refractivity contribution in [3.8, 4) is 10.6 Å². The molecule has 0 aliphatic rings. The summed E-state index contributed by atoms with van der Waals surface area (Å²) in [5, 5.41) is 15.4. The highest BCUT2D eigenvalue weighted by atomic mass is 32.1. The zero-order valence-electron chi connectivity index (χ0n) is 12.6. The molecule has 7 nitrogen and oxygen atoms in total. The standard InChI is InChI=1S/C15H16N6OS/c1-21-8-7-16-12(21)9-17-15(22)18-10-13-19-20-14(23-13)11-5-3-2-4-6-11/h2-8H,9-10H2,1H3,(H2,17,18,22). The molecule has 0 aliphatic heterocycles. The SMILES string of the molecule is Cn1ccnc1CNC(=O)NCc1nnc(-c2ccccc2)s1. The lowest BCUT2D eigenvalue weighted by molar-refractivity contribution is 0.239. The lowest BCUT2D eigenvalue weighted by Gasteiger charge is -2.06. The van der Waals surface area contributed by atoms with E-state index < -0.39 is 0 Å².